The summed E-state index contributed by atoms with van der Waals surface area (Å²) in [6.45, 7) is 15.8. The van der Waals surface area contributed by atoms with Crippen molar-refractivity contribution in [2.45, 2.75) is 94.3 Å². The molecule has 0 amide bonds. The molecular weight excluding hydrogens is 602 g/mol. The Morgan fingerprint density at radius 3 is 2.45 bits per heavy atom. The molecule has 4 fully saturated rings. The van der Waals surface area contributed by atoms with Gasteiger partial charge in [-0.1, -0.05) is 0 Å². The first-order valence-electron chi connectivity index (χ1n) is 13.0. The van der Waals surface area contributed by atoms with Crippen molar-refractivity contribution in [3.63, 3.8) is 0 Å². The van der Waals surface area contributed by atoms with E-state index in [1.807, 2.05) is 5.57 Å². The van der Waals surface area contributed by atoms with Gasteiger partial charge in [-0.3, -0.25) is 0 Å². The monoisotopic (exact) mass is 646 g/mol. The average molecular weight is 646 g/mol. The van der Waals surface area contributed by atoms with Gasteiger partial charge < -0.3 is 0 Å². The zero-order valence-corrected chi connectivity index (χ0v) is 25.1. The predicted octanol–water partition coefficient (Wildman–Crippen LogP) is 8.55. The molecule has 31 heavy (non-hydrogen) atoms. The van der Waals surface area contributed by atoms with E-state index < -0.39 is 19.8 Å². The molecule has 2 aliphatic heterocycles. The Morgan fingerprint density at radius 2 is 1.74 bits per heavy atom. The summed E-state index contributed by atoms with van der Waals surface area (Å²) in [5.74, 6) is 6.71. The summed E-state index contributed by atoms with van der Waals surface area (Å²) in [5.41, 5.74) is 3.34. The van der Waals surface area contributed by atoms with Crippen LogP contribution in [0.5, 0.6) is 0 Å². The fourth-order valence-electron chi connectivity index (χ4n) is 9.47. The van der Waals surface area contributed by atoms with Gasteiger partial charge in [0.15, 0.2) is 0 Å². The van der Waals surface area contributed by atoms with Gasteiger partial charge in [-0.05, 0) is 0 Å². The fraction of sp³-hybridized carbons (Fsp3) is 0.862. The number of terminal acetylenes is 1. The molecule has 0 radical (unpaired) electrons. The molecule has 0 N–H and O–H groups in total. The zero-order chi connectivity index (χ0) is 22.4. The summed E-state index contributed by atoms with van der Waals surface area (Å²) in [6.07, 6.45) is 18.9. The van der Waals surface area contributed by atoms with Gasteiger partial charge >= 0.3 is 215 Å². The Balaban J connectivity index is 1.58. The van der Waals surface area contributed by atoms with Gasteiger partial charge in [0.2, 0.25) is 0 Å². The Labute approximate surface area is 213 Å². The first-order chi connectivity index (χ1) is 14.5. The molecule has 10 atom stereocenters. The summed E-state index contributed by atoms with van der Waals surface area (Å²) in [7, 11) is 0. The topological polar surface area (TPSA) is 0 Å². The van der Waals surface area contributed by atoms with Crippen LogP contribution in [0.3, 0.4) is 0 Å². The van der Waals surface area contributed by atoms with Crippen molar-refractivity contribution in [2.75, 3.05) is 8.86 Å². The van der Waals surface area contributed by atoms with Gasteiger partial charge in [0.1, 0.15) is 0 Å². The molecule has 0 spiro atoms. The molecule has 0 aromatic carbocycles. The molecule has 4 unspecified atom stereocenters. The normalized spacial score (nSPS) is 57.5. The van der Waals surface area contributed by atoms with Gasteiger partial charge in [0.25, 0.3) is 0 Å². The van der Waals surface area contributed by atoms with Crippen molar-refractivity contribution in [1.82, 2.24) is 0 Å². The molecule has 0 nitrogen and oxygen atoms in total. The van der Waals surface area contributed by atoms with E-state index in [0.29, 0.717) is 26.1 Å². The van der Waals surface area contributed by atoms with Crippen LogP contribution in [0, 0.1) is 57.7 Å². The zero-order valence-electron chi connectivity index (χ0n) is 20.7. The van der Waals surface area contributed by atoms with E-state index in [2.05, 4.69) is 76.1 Å². The van der Waals surface area contributed by atoms with Crippen LogP contribution < -0.4 is 0 Å². The van der Waals surface area contributed by atoms with E-state index in [1.54, 1.807) is 8.86 Å². The first-order valence-corrected chi connectivity index (χ1v) is 18.5. The molecule has 2 saturated heterocycles. The van der Waals surface area contributed by atoms with Crippen LogP contribution in [-0.4, -0.2) is 16.7 Å². The van der Waals surface area contributed by atoms with Gasteiger partial charge in [-0.2, -0.15) is 0 Å². The van der Waals surface area contributed by atoms with Crippen LogP contribution in [0.25, 0.3) is 0 Å². The average Bonchev–Trinajstić information content (AvgIpc) is 2.74. The summed E-state index contributed by atoms with van der Waals surface area (Å²) in [6, 6.07) is 0. The maximum absolute atomic E-state index is 6.27. The third-order valence-corrected chi connectivity index (χ3v) is 21.6. The van der Waals surface area contributed by atoms with Crippen molar-refractivity contribution in [2.24, 2.45) is 45.3 Å². The molecule has 0 aromatic heterocycles. The predicted molar refractivity (Wildman–Crippen MR) is 152 cm³/mol. The second-order valence-electron chi connectivity index (χ2n) is 12.9. The minimum atomic E-state index is -0.829. The van der Waals surface area contributed by atoms with Gasteiger partial charge in [-0.25, -0.2) is 0 Å². The van der Waals surface area contributed by atoms with Crippen LogP contribution in [0.15, 0.2) is 11.6 Å². The number of halogens is 2. The molecule has 5 aliphatic rings. The van der Waals surface area contributed by atoms with Crippen LogP contribution >= 0.6 is 42.4 Å². The van der Waals surface area contributed by atoms with E-state index in [9.17, 15) is 0 Å². The van der Waals surface area contributed by atoms with Gasteiger partial charge in [-0.15, -0.1) is 0 Å². The van der Waals surface area contributed by atoms with E-state index in [0.717, 1.165) is 21.7 Å². The Hall–Kier alpha value is 0.760. The molecule has 5 rings (SSSR count). The van der Waals surface area contributed by atoms with Gasteiger partial charge in [0.05, 0.1) is 0 Å². The Bertz CT molecular complexity index is 821. The Morgan fingerprint density at radius 1 is 1.00 bits per heavy atom. The molecule has 174 valence electrons. The van der Waals surface area contributed by atoms with Crippen molar-refractivity contribution >= 4 is 42.4 Å². The standard InChI is InChI=1S/C29H44I2/c1-8-26(4)22-11-15-29(7)23(27(22,5)14-12-24(26)30)10-9-21-25-20(3)19(2)13-17-31(25)18-16-28(21,29)6/h1,9,19-20,22-25H,10-18H2,2-7H3/t19-,20+,22?,23?,24+,25?,26+,27?,28-,29-/m1/s1. The summed E-state index contributed by atoms with van der Waals surface area (Å²) in [5, 5.41) is 0. The van der Waals surface area contributed by atoms with E-state index >= 15 is 0 Å². The fourth-order valence-corrected chi connectivity index (χ4v) is 20.0. The van der Waals surface area contributed by atoms with Crippen LogP contribution in [0.1, 0.15) is 86.5 Å². The molecule has 2 heteroatoms. The van der Waals surface area contributed by atoms with Crippen LogP contribution in [-0.2, 0) is 0 Å². The minimum absolute atomic E-state index is 0.0680. The quantitative estimate of drug-likeness (QED) is 0.107. The van der Waals surface area contributed by atoms with Crippen molar-refractivity contribution in [3.8, 4) is 12.3 Å². The number of fused-ring (bicyclic) bond motifs is 7. The summed E-state index contributed by atoms with van der Waals surface area (Å²) >= 11 is 1.86. The molecule has 2 saturated carbocycles. The number of allylic oxidation sites excluding steroid dienone is 2. The number of hydrogen-bond donors (Lipinski definition) is 0. The van der Waals surface area contributed by atoms with Crippen LogP contribution in [0.2, 0.25) is 0 Å². The number of alkyl halides is 4. The van der Waals surface area contributed by atoms with Crippen LogP contribution in [0.4, 0.5) is 0 Å². The van der Waals surface area contributed by atoms with E-state index in [4.69, 9.17) is 6.42 Å². The maximum atomic E-state index is 6.27. The Kier molecular flexibility index (Phi) is 5.78. The second-order valence-corrected chi connectivity index (χ2v) is 20.7. The van der Waals surface area contributed by atoms with E-state index in [1.165, 1.54) is 44.9 Å². The van der Waals surface area contributed by atoms with Crippen molar-refractivity contribution in [1.29, 1.82) is 0 Å². The molecule has 0 bridgehead atoms. The third-order valence-electron chi connectivity index (χ3n) is 12.0. The molecule has 2 heterocycles. The third kappa shape index (κ3) is 2.96. The molecule has 0 aromatic rings. The van der Waals surface area contributed by atoms with Gasteiger partial charge in [0, 0.05) is 0 Å². The summed E-state index contributed by atoms with van der Waals surface area (Å²) in [4.78, 5) is 0. The summed E-state index contributed by atoms with van der Waals surface area (Å²) < 4.78 is 4.90. The van der Waals surface area contributed by atoms with Crippen molar-refractivity contribution < 1.29 is 0 Å². The van der Waals surface area contributed by atoms with E-state index in [-0.39, 0.29) is 5.41 Å². The molecule has 3 aliphatic carbocycles. The number of rotatable bonds is 0. The number of hydrogen-bond acceptors (Lipinski definition) is 0. The van der Waals surface area contributed by atoms with Crippen molar-refractivity contribution in [3.05, 3.63) is 11.6 Å². The SMILES string of the molecule is C#C[C@@]1(C)C2CC[C@]3(C)C(CC=C4C5[C@@H](C)[C@H](C)CCI5CC[C@]43C)C2(C)CC[C@@H]1I. The second kappa shape index (κ2) is 7.63. The molecular formula is C29H44I2. The first kappa shape index (κ1) is 23.5.